The molecule has 0 saturated carbocycles. The second-order valence-electron chi connectivity index (χ2n) is 3.22. The molecule has 2 N–H and O–H groups in total. The first-order valence-corrected chi connectivity index (χ1v) is 4.13. The van der Waals surface area contributed by atoms with E-state index in [4.69, 9.17) is 5.73 Å². The van der Waals surface area contributed by atoms with Crippen molar-refractivity contribution in [2.75, 3.05) is 0 Å². The SMILES string of the molecule is C[C](N)Cc1ccc(C(F)(F)F)cc1. The number of nitrogens with two attached hydrogens (primary N) is 1. The molecule has 0 aliphatic heterocycles. The van der Waals surface area contributed by atoms with E-state index < -0.39 is 11.7 Å². The first kappa shape index (κ1) is 11.0. The summed E-state index contributed by atoms with van der Waals surface area (Å²) in [5.41, 5.74) is 5.60. The second kappa shape index (κ2) is 4.00. The summed E-state index contributed by atoms with van der Waals surface area (Å²) in [4.78, 5) is 0. The predicted molar refractivity (Wildman–Crippen MR) is 48.3 cm³/mol. The number of hydrogen-bond donors (Lipinski definition) is 1. The van der Waals surface area contributed by atoms with Gasteiger partial charge >= 0.3 is 6.18 Å². The molecule has 0 bridgehead atoms. The van der Waals surface area contributed by atoms with Crippen LogP contribution in [0.25, 0.3) is 0 Å². The maximum Gasteiger partial charge on any atom is 0.416 e. The Kier molecular flexibility index (Phi) is 3.16. The molecule has 0 unspecified atom stereocenters. The average Bonchev–Trinajstić information content (AvgIpc) is 2.02. The van der Waals surface area contributed by atoms with Gasteiger partial charge in [0.1, 0.15) is 0 Å². The minimum atomic E-state index is -4.26. The Balaban J connectivity index is 2.79. The van der Waals surface area contributed by atoms with Crippen molar-refractivity contribution in [1.82, 2.24) is 0 Å². The lowest BCUT2D eigenvalue weighted by Gasteiger charge is -2.08. The van der Waals surface area contributed by atoms with Crippen LogP contribution in [0.1, 0.15) is 18.1 Å². The fourth-order valence-electron chi connectivity index (χ4n) is 1.13. The van der Waals surface area contributed by atoms with Gasteiger partial charge in [0.25, 0.3) is 0 Å². The molecule has 0 aliphatic carbocycles. The summed E-state index contributed by atoms with van der Waals surface area (Å²) < 4.78 is 36.5. The lowest BCUT2D eigenvalue weighted by molar-refractivity contribution is -0.137. The lowest BCUT2D eigenvalue weighted by atomic mass is 10.1. The minimum Gasteiger partial charge on any atom is -0.323 e. The van der Waals surface area contributed by atoms with E-state index in [1.165, 1.54) is 12.1 Å². The van der Waals surface area contributed by atoms with Crippen molar-refractivity contribution in [3.05, 3.63) is 41.4 Å². The van der Waals surface area contributed by atoms with Gasteiger partial charge in [0.2, 0.25) is 0 Å². The van der Waals surface area contributed by atoms with E-state index in [0.29, 0.717) is 12.5 Å². The molecule has 0 fully saturated rings. The first-order valence-electron chi connectivity index (χ1n) is 4.13. The molecule has 0 spiro atoms. The Bertz CT molecular complexity index is 287. The van der Waals surface area contributed by atoms with Crippen molar-refractivity contribution in [3.8, 4) is 0 Å². The lowest BCUT2D eigenvalue weighted by Crippen LogP contribution is -2.09. The highest BCUT2D eigenvalue weighted by molar-refractivity contribution is 5.26. The predicted octanol–water partition coefficient (Wildman–Crippen LogP) is 2.76. The van der Waals surface area contributed by atoms with Crippen molar-refractivity contribution in [3.63, 3.8) is 0 Å². The monoisotopic (exact) mass is 202 g/mol. The van der Waals surface area contributed by atoms with Gasteiger partial charge in [-0.3, -0.25) is 0 Å². The van der Waals surface area contributed by atoms with Crippen LogP contribution in [-0.2, 0) is 12.6 Å². The fourth-order valence-corrected chi connectivity index (χ4v) is 1.13. The Labute approximate surface area is 80.7 Å². The van der Waals surface area contributed by atoms with Gasteiger partial charge in [0.05, 0.1) is 5.56 Å². The third-order valence-corrected chi connectivity index (χ3v) is 1.76. The van der Waals surface area contributed by atoms with Crippen LogP contribution in [0.2, 0.25) is 0 Å². The van der Waals surface area contributed by atoms with E-state index in [-0.39, 0.29) is 0 Å². The van der Waals surface area contributed by atoms with Gasteiger partial charge in [-0.2, -0.15) is 13.2 Å². The minimum absolute atomic E-state index is 0.512. The molecule has 1 aromatic rings. The molecular weight excluding hydrogens is 191 g/mol. The highest BCUT2D eigenvalue weighted by Crippen LogP contribution is 2.29. The van der Waals surface area contributed by atoms with Crippen LogP contribution >= 0.6 is 0 Å². The molecule has 1 radical (unpaired) electrons. The van der Waals surface area contributed by atoms with Gasteiger partial charge in [-0.15, -0.1) is 0 Å². The molecule has 1 nitrogen and oxygen atoms in total. The van der Waals surface area contributed by atoms with Gasteiger partial charge in [-0.25, -0.2) is 0 Å². The number of alkyl halides is 3. The average molecular weight is 202 g/mol. The molecule has 4 heteroatoms. The van der Waals surface area contributed by atoms with Crippen molar-refractivity contribution >= 4 is 0 Å². The topological polar surface area (TPSA) is 26.0 Å². The summed E-state index contributed by atoms with van der Waals surface area (Å²) in [6.07, 6.45) is -3.75. The zero-order valence-corrected chi connectivity index (χ0v) is 7.73. The first-order chi connectivity index (χ1) is 6.39. The molecule has 0 atom stereocenters. The van der Waals surface area contributed by atoms with E-state index in [0.717, 1.165) is 17.7 Å². The van der Waals surface area contributed by atoms with E-state index >= 15 is 0 Å². The van der Waals surface area contributed by atoms with Crippen molar-refractivity contribution in [2.45, 2.75) is 19.5 Å². The number of benzene rings is 1. The third-order valence-electron chi connectivity index (χ3n) is 1.76. The summed E-state index contributed by atoms with van der Waals surface area (Å²) in [5.74, 6) is 0. The molecule has 0 aromatic heterocycles. The molecule has 77 valence electrons. The van der Waals surface area contributed by atoms with E-state index in [2.05, 4.69) is 0 Å². The number of hydrogen-bond acceptors (Lipinski definition) is 1. The van der Waals surface area contributed by atoms with E-state index in [1.54, 1.807) is 6.92 Å². The maximum atomic E-state index is 12.2. The van der Waals surface area contributed by atoms with Gasteiger partial charge in [-0.1, -0.05) is 12.1 Å². The Morgan fingerprint density at radius 2 is 1.71 bits per heavy atom. The second-order valence-corrected chi connectivity index (χ2v) is 3.22. The molecule has 0 heterocycles. The summed E-state index contributed by atoms with van der Waals surface area (Å²) in [5, 5.41) is 0. The van der Waals surface area contributed by atoms with Crippen molar-refractivity contribution in [1.29, 1.82) is 0 Å². The third kappa shape index (κ3) is 3.03. The zero-order valence-electron chi connectivity index (χ0n) is 7.73. The molecule has 1 aromatic carbocycles. The van der Waals surface area contributed by atoms with Crippen molar-refractivity contribution in [2.24, 2.45) is 5.73 Å². The highest BCUT2D eigenvalue weighted by atomic mass is 19.4. The van der Waals surface area contributed by atoms with Crippen LogP contribution in [0.4, 0.5) is 13.2 Å². The molecule has 14 heavy (non-hydrogen) atoms. The van der Waals surface area contributed by atoms with Crippen LogP contribution in [0.15, 0.2) is 24.3 Å². The summed E-state index contributed by atoms with van der Waals surface area (Å²) in [6, 6.07) is 5.71. The Morgan fingerprint density at radius 1 is 1.21 bits per heavy atom. The quantitative estimate of drug-likeness (QED) is 0.784. The Hall–Kier alpha value is -1.03. The van der Waals surface area contributed by atoms with Crippen LogP contribution in [0.5, 0.6) is 0 Å². The summed E-state index contributed by atoms with van der Waals surface area (Å²) >= 11 is 0. The van der Waals surface area contributed by atoms with E-state index in [1.807, 2.05) is 0 Å². The van der Waals surface area contributed by atoms with Crippen LogP contribution in [0, 0.1) is 6.04 Å². The van der Waals surface area contributed by atoms with Crippen LogP contribution < -0.4 is 5.73 Å². The number of halogens is 3. The van der Waals surface area contributed by atoms with Gasteiger partial charge in [0, 0.05) is 6.04 Å². The Morgan fingerprint density at radius 3 is 2.07 bits per heavy atom. The molecule has 0 saturated heterocycles. The van der Waals surface area contributed by atoms with Crippen molar-refractivity contribution < 1.29 is 13.2 Å². The van der Waals surface area contributed by atoms with Crippen LogP contribution in [0.3, 0.4) is 0 Å². The van der Waals surface area contributed by atoms with Gasteiger partial charge in [0.15, 0.2) is 0 Å². The standard InChI is InChI=1S/C10H11F3N/c1-7(14)6-8-2-4-9(5-3-8)10(11,12)13/h2-5H,6,14H2,1H3. The van der Waals surface area contributed by atoms with Gasteiger partial charge in [-0.05, 0) is 31.0 Å². The summed E-state index contributed by atoms with van der Waals surface area (Å²) in [6.45, 7) is 1.73. The normalized spacial score (nSPS) is 12.1. The molecule has 1 rings (SSSR count). The highest BCUT2D eigenvalue weighted by Gasteiger charge is 2.29. The van der Waals surface area contributed by atoms with E-state index in [9.17, 15) is 13.2 Å². The maximum absolute atomic E-state index is 12.2. The summed E-state index contributed by atoms with van der Waals surface area (Å²) in [7, 11) is 0. The zero-order chi connectivity index (χ0) is 10.8. The van der Waals surface area contributed by atoms with Crippen LogP contribution in [-0.4, -0.2) is 0 Å². The molecule has 0 aliphatic rings. The largest absolute Gasteiger partial charge is 0.416 e. The smallest absolute Gasteiger partial charge is 0.323 e. The fraction of sp³-hybridized carbons (Fsp3) is 0.300. The molecule has 0 amide bonds. The van der Waals surface area contributed by atoms with Gasteiger partial charge < -0.3 is 5.73 Å². The number of rotatable bonds is 2. The molecular formula is C10H11F3N.